The van der Waals surface area contributed by atoms with Gasteiger partial charge < -0.3 is 15.2 Å². The van der Waals surface area contributed by atoms with Crippen molar-refractivity contribution in [3.63, 3.8) is 0 Å². The Kier molecular flexibility index (Phi) is 8.06. The summed E-state index contributed by atoms with van der Waals surface area (Å²) in [5, 5.41) is 10.7. The van der Waals surface area contributed by atoms with E-state index in [-0.39, 0.29) is 24.0 Å². The largest absolute Gasteiger partial charge is 0.364 e. The third-order valence-electron chi connectivity index (χ3n) is 4.28. The fraction of sp³-hybridized carbons (Fsp3) is 0.733. The Labute approximate surface area is 144 Å². The molecule has 1 aliphatic rings. The molecule has 1 heterocycles. The maximum Gasteiger partial charge on any atom is 0.191 e. The normalized spacial score (nSPS) is 17.3. The molecule has 2 N–H and O–H groups in total. The molecule has 0 spiro atoms. The molecule has 0 bridgehead atoms. The topological polar surface area (TPSA) is 62.5 Å². The van der Waals surface area contributed by atoms with Crippen LogP contribution in [0.5, 0.6) is 0 Å². The van der Waals surface area contributed by atoms with Crippen LogP contribution < -0.4 is 10.6 Å². The number of rotatable bonds is 6. The summed E-state index contributed by atoms with van der Waals surface area (Å²) in [6.07, 6.45) is 8.21. The third-order valence-corrected chi connectivity index (χ3v) is 4.28. The number of hydrogen-bond acceptors (Lipinski definition) is 3. The molecule has 120 valence electrons. The quantitative estimate of drug-likeness (QED) is 0.432. The van der Waals surface area contributed by atoms with E-state index in [1.54, 1.807) is 6.26 Å². The molecular formula is C15H27IN4O. The Hall–Kier alpha value is -0.790. The minimum Gasteiger partial charge on any atom is -0.364 e. The van der Waals surface area contributed by atoms with Crippen LogP contribution in [-0.2, 0) is 6.54 Å². The van der Waals surface area contributed by atoms with Gasteiger partial charge in [0, 0.05) is 19.2 Å². The molecule has 2 rings (SSSR count). The molecule has 1 aliphatic carbocycles. The maximum absolute atomic E-state index is 4.82. The van der Waals surface area contributed by atoms with Crippen molar-refractivity contribution >= 4 is 29.9 Å². The second-order valence-corrected chi connectivity index (χ2v) is 5.60. The van der Waals surface area contributed by atoms with Crippen LogP contribution in [-0.4, -0.2) is 24.2 Å². The van der Waals surface area contributed by atoms with Crippen LogP contribution in [0.25, 0.3) is 0 Å². The summed E-state index contributed by atoms with van der Waals surface area (Å²) in [6, 6.07) is 1.84. The number of nitrogens with one attached hydrogen (secondary N) is 2. The van der Waals surface area contributed by atoms with Crippen molar-refractivity contribution in [2.45, 2.75) is 52.5 Å². The van der Waals surface area contributed by atoms with Crippen molar-refractivity contribution in [3.8, 4) is 0 Å². The molecule has 1 aromatic rings. The average molecular weight is 406 g/mol. The molecule has 0 atom stereocenters. The highest BCUT2D eigenvalue weighted by atomic mass is 127. The van der Waals surface area contributed by atoms with Gasteiger partial charge in [-0.2, -0.15) is 0 Å². The molecule has 21 heavy (non-hydrogen) atoms. The molecule has 0 amide bonds. The standard InChI is InChI=1S/C15H26N4O.HI/c1-3-15(8-5-6-9-15)12-18-14(16-4-2)17-11-13-7-10-20-19-13;/h7,10H,3-6,8-9,11-12H2,1-2H3,(H2,16,17,18);1H. The van der Waals surface area contributed by atoms with E-state index in [0.29, 0.717) is 12.0 Å². The number of nitrogens with zero attached hydrogens (tertiary/aromatic N) is 2. The van der Waals surface area contributed by atoms with E-state index in [1.165, 1.54) is 32.1 Å². The summed E-state index contributed by atoms with van der Waals surface area (Å²) in [6.45, 7) is 6.80. The lowest BCUT2D eigenvalue weighted by Crippen LogP contribution is -2.42. The zero-order valence-corrected chi connectivity index (χ0v) is 15.4. The van der Waals surface area contributed by atoms with Crippen molar-refractivity contribution in [3.05, 3.63) is 18.0 Å². The molecule has 0 aliphatic heterocycles. The molecule has 0 unspecified atom stereocenters. The third kappa shape index (κ3) is 5.48. The molecule has 0 aromatic carbocycles. The SMILES string of the molecule is CCNC(=NCc1ccon1)NCC1(CC)CCCC1.I. The van der Waals surface area contributed by atoms with E-state index in [4.69, 9.17) is 4.52 Å². The van der Waals surface area contributed by atoms with E-state index in [9.17, 15) is 0 Å². The van der Waals surface area contributed by atoms with Gasteiger partial charge in [0.05, 0.1) is 6.54 Å². The summed E-state index contributed by atoms with van der Waals surface area (Å²) >= 11 is 0. The van der Waals surface area contributed by atoms with Crippen molar-refractivity contribution in [1.29, 1.82) is 0 Å². The Morgan fingerprint density at radius 3 is 2.67 bits per heavy atom. The Balaban J connectivity index is 0.00000220. The van der Waals surface area contributed by atoms with Gasteiger partial charge in [-0.25, -0.2) is 4.99 Å². The Morgan fingerprint density at radius 1 is 1.33 bits per heavy atom. The number of guanidine groups is 1. The zero-order valence-electron chi connectivity index (χ0n) is 13.0. The van der Waals surface area contributed by atoms with Crippen molar-refractivity contribution < 1.29 is 4.52 Å². The fourth-order valence-electron chi connectivity index (χ4n) is 2.87. The van der Waals surface area contributed by atoms with Crippen molar-refractivity contribution in [1.82, 2.24) is 15.8 Å². The van der Waals surface area contributed by atoms with Gasteiger partial charge in [0.2, 0.25) is 0 Å². The molecule has 0 saturated heterocycles. The van der Waals surface area contributed by atoms with E-state index >= 15 is 0 Å². The maximum atomic E-state index is 4.82. The van der Waals surface area contributed by atoms with Crippen molar-refractivity contribution in [2.75, 3.05) is 13.1 Å². The highest BCUT2D eigenvalue weighted by Crippen LogP contribution is 2.40. The molecule has 1 fully saturated rings. The highest BCUT2D eigenvalue weighted by Gasteiger charge is 2.31. The van der Waals surface area contributed by atoms with E-state index in [1.807, 2.05) is 6.07 Å². The Morgan fingerprint density at radius 2 is 2.10 bits per heavy atom. The minimum absolute atomic E-state index is 0. The van der Waals surface area contributed by atoms with Crippen LogP contribution in [0, 0.1) is 5.41 Å². The van der Waals surface area contributed by atoms with Gasteiger partial charge in [-0.3, -0.25) is 0 Å². The summed E-state index contributed by atoms with van der Waals surface area (Å²) in [7, 11) is 0. The monoisotopic (exact) mass is 406 g/mol. The summed E-state index contributed by atoms with van der Waals surface area (Å²) < 4.78 is 4.82. The second kappa shape index (κ2) is 9.27. The van der Waals surface area contributed by atoms with Gasteiger partial charge in [0.1, 0.15) is 12.0 Å². The smallest absolute Gasteiger partial charge is 0.191 e. The zero-order chi connectivity index (χ0) is 14.3. The number of hydrogen-bond donors (Lipinski definition) is 2. The van der Waals surface area contributed by atoms with Gasteiger partial charge in [0.15, 0.2) is 5.96 Å². The molecule has 0 radical (unpaired) electrons. The van der Waals surface area contributed by atoms with E-state index < -0.39 is 0 Å². The average Bonchev–Trinajstić information content (AvgIpc) is 3.14. The van der Waals surface area contributed by atoms with Gasteiger partial charge in [-0.15, -0.1) is 24.0 Å². The number of halogens is 1. The van der Waals surface area contributed by atoms with Crippen LogP contribution in [0.15, 0.2) is 21.8 Å². The lowest BCUT2D eigenvalue weighted by atomic mass is 9.83. The van der Waals surface area contributed by atoms with Crippen molar-refractivity contribution in [2.24, 2.45) is 10.4 Å². The molecule has 1 saturated carbocycles. The second-order valence-electron chi connectivity index (χ2n) is 5.60. The Bertz CT molecular complexity index is 413. The lowest BCUT2D eigenvalue weighted by Gasteiger charge is -2.28. The van der Waals surface area contributed by atoms with Crippen LogP contribution >= 0.6 is 24.0 Å². The predicted octanol–water partition coefficient (Wildman–Crippen LogP) is 3.32. The number of aromatic nitrogens is 1. The van der Waals surface area contributed by atoms with Crippen LogP contribution in [0.4, 0.5) is 0 Å². The first-order valence-corrected chi connectivity index (χ1v) is 7.69. The van der Waals surface area contributed by atoms with Crippen LogP contribution in [0.3, 0.4) is 0 Å². The van der Waals surface area contributed by atoms with E-state index in [2.05, 4.69) is 34.6 Å². The first kappa shape index (κ1) is 18.3. The van der Waals surface area contributed by atoms with Crippen LogP contribution in [0.2, 0.25) is 0 Å². The number of aliphatic imine (C=N–C) groups is 1. The summed E-state index contributed by atoms with van der Waals surface area (Å²) in [5.41, 5.74) is 1.32. The van der Waals surface area contributed by atoms with Gasteiger partial charge >= 0.3 is 0 Å². The molecular weight excluding hydrogens is 379 g/mol. The highest BCUT2D eigenvalue weighted by molar-refractivity contribution is 14.0. The molecule has 1 aromatic heterocycles. The summed E-state index contributed by atoms with van der Waals surface area (Å²) in [5.74, 6) is 0.871. The van der Waals surface area contributed by atoms with Gasteiger partial charge in [-0.1, -0.05) is 24.9 Å². The minimum atomic E-state index is 0. The predicted molar refractivity (Wildman–Crippen MR) is 95.9 cm³/mol. The fourth-order valence-corrected chi connectivity index (χ4v) is 2.87. The van der Waals surface area contributed by atoms with Gasteiger partial charge in [-0.05, 0) is 31.6 Å². The molecule has 6 heteroatoms. The van der Waals surface area contributed by atoms with Crippen LogP contribution in [0.1, 0.15) is 51.6 Å². The lowest BCUT2D eigenvalue weighted by molar-refractivity contribution is 0.283. The first-order chi connectivity index (χ1) is 9.78. The van der Waals surface area contributed by atoms with E-state index in [0.717, 1.165) is 24.7 Å². The molecule has 5 nitrogen and oxygen atoms in total. The summed E-state index contributed by atoms with van der Waals surface area (Å²) in [4.78, 5) is 4.55. The van der Waals surface area contributed by atoms with Gasteiger partial charge in [0.25, 0.3) is 0 Å². The first-order valence-electron chi connectivity index (χ1n) is 7.69.